The van der Waals surface area contributed by atoms with E-state index in [-0.39, 0.29) is 17.8 Å². The standard InChI is InChI=1S/C14H19FN2O3/c1-17(14(18)13-10-19-7-5-16-13)6-8-20-12-4-2-3-11(15)9-12/h2-4,9,13,16H,5-8,10H2,1H3. The fourth-order valence-corrected chi connectivity index (χ4v) is 1.96. The Hall–Kier alpha value is -1.66. The zero-order chi connectivity index (χ0) is 14.4. The number of carbonyl (C=O) groups excluding carboxylic acids is 1. The van der Waals surface area contributed by atoms with Crippen LogP contribution in [0.2, 0.25) is 0 Å². The molecule has 1 aromatic rings. The molecule has 1 aliphatic heterocycles. The van der Waals surface area contributed by atoms with Gasteiger partial charge in [0, 0.05) is 19.7 Å². The maximum atomic E-state index is 13.0. The van der Waals surface area contributed by atoms with Crippen molar-refractivity contribution in [2.45, 2.75) is 6.04 Å². The molecule has 110 valence electrons. The summed E-state index contributed by atoms with van der Waals surface area (Å²) in [6.45, 7) is 2.47. The number of amides is 1. The van der Waals surface area contributed by atoms with Crippen molar-refractivity contribution in [1.82, 2.24) is 10.2 Å². The molecule has 0 aromatic heterocycles. The second kappa shape index (κ2) is 7.21. The molecule has 0 saturated carbocycles. The molecule has 5 nitrogen and oxygen atoms in total. The van der Waals surface area contributed by atoms with E-state index in [0.717, 1.165) is 0 Å². The average molecular weight is 282 g/mol. The first-order valence-corrected chi connectivity index (χ1v) is 6.61. The molecular formula is C14H19FN2O3. The van der Waals surface area contributed by atoms with Gasteiger partial charge >= 0.3 is 0 Å². The quantitative estimate of drug-likeness (QED) is 0.861. The molecule has 1 unspecified atom stereocenters. The van der Waals surface area contributed by atoms with E-state index in [1.807, 2.05) is 0 Å². The highest BCUT2D eigenvalue weighted by Gasteiger charge is 2.23. The summed E-state index contributed by atoms with van der Waals surface area (Å²) in [5, 5.41) is 3.11. The largest absolute Gasteiger partial charge is 0.492 e. The molecule has 0 bridgehead atoms. The second-order valence-electron chi connectivity index (χ2n) is 4.65. The highest BCUT2D eigenvalue weighted by atomic mass is 19.1. The summed E-state index contributed by atoms with van der Waals surface area (Å²) in [7, 11) is 1.72. The molecule has 1 N–H and O–H groups in total. The normalized spacial score (nSPS) is 18.6. The number of carbonyl (C=O) groups is 1. The lowest BCUT2D eigenvalue weighted by Gasteiger charge is -2.27. The molecule has 1 amide bonds. The van der Waals surface area contributed by atoms with Crippen LogP contribution in [0, 0.1) is 5.82 Å². The smallest absolute Gasteiger partial charge is 0.241 e. The molecule has 0 aliphatic carbocycles. The zero-order valence-electron chi connectivity index (χ0n) is 11.5. The van der Waals surface area contributed by atoms with Crippen molar-refractivity contribution in [3.63, 3.8) is 0 Å². The Labute approximate surface area is 117 Å². The Bertz CT molecular complexity index is 450. The van der Waals surface area contributed by atoms with Gasteiger partial charge in [-0.15, -0.1) is 0 Å². The van der Waals surface area contributed by atoms with Gasteiger partial charge in [0.2, 0.25) is 5.91 Å². The van der Waals surface area contributed by atoms with Crippen LogP contribution in [0.25, 0.3) is 0 Å². The van der Waals surface area contributed by atoms with Crippen LogP contribution in [0.15, 0.2) is 24.3 Å². The topological polar surface area (TPSA) is 50.8 Å². The van der Waals surface area contributed by atoms with Gasteiger partial charge in [0.05, 0.1) is 19.8 Å². The Kier molecular flexibility index (Phi) is 5.31. The number of halogens is 1. The number of nitrogens with one attached hydrogen (secondary N) is 1. The molecule has 2 rings (SSSR count). The molecule has 6 heteroatoms. The van der Waals surface area contributed by atoms with Crippen LogP contribution in [-0.4, -0.2) is 56.8 Å². The number of hydrogen-bond donors (Lipinski definition) is 1. The molecule has 0 radical (unpaired) electrons. The number of hydrogen-bond acceptors (Lipinski definition) is 4. The summed E-state index contributed by atoms with van der Waals surface area (Å²) in [5.74, 6) is 0.105. The Morgan fingerprint density at radius 2 is 2.45 bits per heavy atom. The first-order chi connectivity index (χ1) is 9.66. The van der Waals surface area contributed by atoms with E-state index in [2.05, 4.69) is 5.32 Å². The van der Waals surface area contributed by atoms with Crippen LogP contribution in [0.4, 0.5) is 4.39 Å². The minimum atomic E-state index is -0.338. The summed E-state index contributed by atoms with van der Waals surface area (Å²) >= 11 is 0. The van der Waals surface area contributed by atoms with Crippen LogP contribution in [0.3, 0.4) is 0 Å². The van der Waals surface area contributed by atoms with Crippen molar-refractivity contribution < 1.29 is 18.7 Å². The van der Waals surface area contributed by atoms with Crippen LogP contribution >= 0.6 is 0 Å². The number of nitrogens with zero attached hydrogens (tertiary/aromatic N) is 1. The monoisotopic (exact) mass is 282 g/mol. The van der Waals surface area contributed by atoms with Crippen molar-refractivity contribution >= 4 is 5.91 Å². The number of benzene rings is 1. The molecular weight excluding hydrogens is 263 g/mol. The molecule has 0 spiro atoms. The fraction of sp³-hybridized carbons (Fsp3) is 0.500. The van der Waals surface area contributed by atoms with E-state index in [0.29, 0.717) is 38.7 Å². The number of morpholine rings is 1. The second-order valence-corrected chi connectivity index (χ2v) is 4.65. The summed E-state index contributed by atoms with van der Waals surface area (Å²) in [4.78, 5) is 13.7. The van der Waals surface area contributed by atoms with Gasteiger partial charge < -0.3 is 19.7 Å². The Morgan fingerprint density at radius 3 is 3.15 bits per heavy atom. The summed E-state index contributed by atoms with van der Waals surface area (Å²) in [6.07, 6.45) is 0. The maximum absolute atomic E-state index is 13.0. The molecule has 1 saturated heterocycles. The third kappa shape index (κ3) is 4.18. The van der Waals surface area contributed by atoms with Gasteiger partial charge in [-0.2, -0.15) is 0 Å². The average Bonchev–Trinajstić information content (AvgIpc) is 2.47. The highest BCUT2D eigenvalue weighted by molar-refractivity contribution is 5.81. The summed E-state index contributed by atoms with van der Waals surface area (Å²) in [6, 6.07) is 5.66. The lowest BCUT2D eigenvalue weighted by atomic mass is 10.2. The summed E-state index contributed by atoms with van der Waals surface area (Å²) in [5.41, 5.74) is 0. The van der Waals surface area contributed by atoms with Crippen molar-refractivity contribution in [1.29, 1.82) is 0 Å². The predicted molar refractivity (Wildman–Crippen MR) is 72.1 cm³/mol. The lowest BCUT2D eigenvalue weighted by molar-refractivity contribution is -0.135. The van der Waals surface area contributed by atoms with Gasteiger partial charge in [-0.1, -0.05) is 6.07 Å². The van der Waals surface area contributed by atoms with Gasteiger partial charge in [-0.05, 0) is 12.1 Å². The number of rotatable bonds is 5. The molecule has 1 fully saturated rings. The Morgan fingerprint density at radius 1 is 1.60 bits per heavy atom. The predicted octanol–water partition coefficient (Wildman–Crippen LogP) is 0.651. The molecule has 1 aliphatic rings. The van der Waals surface area contributed by atoms with Gasteiger partial charge in [0.15, 0.2) is 0 Å². The van der Waals surface area contributed by atoms with Gasteiger partial charge in [0.25, 0.3) is 0 Å². The zero-order valence-corrected chi connectivity index (χ0v) is 11.5. The third-order valence-electron chi connectivity index (χ3n) is 3.09. The van der Waals surface area contributed by atoms with Crippen LogP contribution in [0.5, 0.6) is 5.75 Å². The van der Waals surface area contributed by atoms with Crippen molar-refractivity contribution in [2.75, 3.05) is 40.0 Å². The minimum absolute atomic E-state index is 0.0208. The fourth-order valence-electron chi connectivity index (χ4n) is 1.96. The van der Waals surface area contributed by atoms with E-state index in [9.17, 15) is 9.18 Å². The molecule has 1 heterocycles. The van der Waals surface area contributed by atoms with Gasteiger partial charge in [-0.25, -0.2) is 4.39 Å². The van der Waals surface area contributed by atoms with E-state index in [1.165, 1.54) is 12.1 Å². The van der Waals surface area contributed by atoms with Crippen molar-refractivity contribution in [3.8, 4) is 5.75 Å². The minimum Gasteiger partial charge on any atom is -0.492 e. The van der Waals surface area contributed by atoms with E-state index in [1.54, 1.807) is 24.1 Å². The number of ether oxygens (including phenoxy) is 2. The van der Waals surface area contributed by atoms with Gasteiger partial charge in [-0.3, -0.25) is 4.79 Å². The molecule has 20 heavy (non-hydrogen) atoms. The van der Waals surface area contributed by atoms with Crippen LogP contribution in [-0.2, 0) is 9.53 Å². The first kappa shape index (κ1) is 14.7. The highest BCUT2D eigenvalue weighted by Crippen LogP contribution is 2.11. The molecule has 1 aromatic carbocycles. The molecule has 1 atom stereocenters. The SMILES string of the molecule is CN(CCOc1cccc(F)c1)C(=O)C1COCCN1. The van der Waals surface area contributed by atoms with Crippen molar-refractivity contribution in [3.05, 3.63) is 30.1 Å². The first-order valence-electron chi connectivity index (χ1n) is 6.61. The maximum Gasteiger partial charge on any atom is 0.241 e. The van der Waals surface area contributed by atoms with E-state index in [4.69, 9.17) is 9.47 Å². The summed E-state index contributed by atoms with van der Waals surface area (Å²) < 4.78 is 23.6. The van der Waals surface area contributed by atoms with Gasteiger partial charge in [0.1, 0.15) is 24.2 Å². The van der Waals surface area contributed by atoms with Crippen LogP contribution < -0.4 is 10.1 Å². The number of likely N-dealkylation sites (N-methyl/N-ethyl adjacent to an activating group) is 1. The van der Waals surface area contributed by atoms with Crippen LogP contribution in [0.1, 0.15) is 0 Å². The van der Waals surface area contributed by atoms with E-state index >= 15 is 0 Å². The van der Waals surface area contributed by atoms with E-state index < -0.39 is 0 Å². The Balaban J connectivity index is 1.74. The van der Waals surface area contributed by atoms with Crippen molar-refractivity contribution in [2.24, 2.45) is 0 Å². The lowest BCUT2D eigenvalue weighted by Crippen LogP contribution is -2.52. The third-order valence-corrected chi connectivity index (χ3v) is 3.09.